The van der Waals surface area contributed by atoms with Crippen molar-refractivity contribution in [3.63, 3.8) is 0 Å². The zero-order valence-corrected chi connectivity index (χ0v) is 10.5. The normalized spacial score (nSPS) is 8.29. The van der Waals surface area contributed by atoms with Crippen LogP contribution in [0.15, 0.2) is 12.3 Å². The Labute approximate surface area is 101 Å². The average Bonchev–Trinajstić information content (AvgIpc) is 2.35. The van der Waals surface area contributed by atoms with Crippen LogP contribution in [0.25, 0.3) is 0 Å². The van der Waals surface area contributed by atoms with Gasteiger partial charge in [-0.25, -0.2) is 14.2 Å². The van der Waals surface area contributed by atoms with Crippen molar-refractivity contribution < 1.29 is 13.9 Å². The number of carbonyl (C=O) groups excluding carboxylic acids is 1. The molecule has 0 aliphatic rings. The number of esters is 1. The van der Waals surface area contributed by atoms with E-state index in [0.717, 1.165) is 6.20 Å². The molecular weight excluding hydrogens is 221 g/mol. The van der Waals surface area contributed by atoms with E-state index in [2.05, 4.69) is 21.6 Å². The van der Waals surface area contributed by atoms with E-state index in [1.165, 1.54) is 6.07 Å². The van der Waals surface area contributed by atoms with Crippen molar-refractivity contribution in [1.82, 2.24) is 4.98 Å². The fourth-order valence-electron chi connectivity index (χ4n) is 1.00. The van der Waals surface area contributed by atoms with Gasteiger partial charge in [0, 0.05) is 0 Å². The van der Waals surface area contributed by atoms with E-state index >= 15 is 0 Å². The van der Waals surface area contributed by atoms with Crippen molar-refractivity contribution in [2.24, 2.45) is 0 Å². The van der Waals surface area contributed by atoms with Gasteiger partial charge in [0.2, 0.25) is 0 Å². The summed E-state index contributed by atoms with van der Waals surface area (Å²) < 4.78 is 17.9. The highest BCUT2D eigenvalue weighted by Gasteiger charge is 2.13. The number of ether oxygens (including phenoxy) is 1. The number of carbonyl (C=O) groups is 1. The summed E-state index contributed by atoms with van der Waals surface area (Å²) in [5.41, 5.74) is 0.214. The van der Waals surface area contributed by atoms with E-state index in [1.807, 2.05) is 13.8 Å². The zero-order valence-electron chi connectivity index (χ0n) is 10.5. The molecule has 0 aliphatic carbocycles. The molecule has 4 heteroatoms. The second-order valence-corrected chi connectivity index (χ2v) is 2.64. The van der Waals surface area contributed by atoms with Gasteiger partial charge in [0.1, 0.15) is 5.69 Å². The van der Waals surface area contributed by atoms with Crippen LogP contribution >= 0.6 is 0 Å². The fourth-order valence-corrected chi connectivity index (χ4v) is 1.00. The lowest BCUT2D eigenvalue weighted by Gasteiger charge is -2.02. The maximum atomic E-state index is 13.2. The quantitative estimate of drug-likeness (QED) is 0.586. The Morgan fingerprint density at radius 1 is 1.53 bits per heavy atom. The Morgan fingerprint density at radius 3 is 2.71 bits per heavy atom. The maximum absolute atomic E-state index is 13.2. The van der Waals surface area contributed by atoms with Gasteiger partial charge in [-0.3, -0.25) is 0 Å². The number of hydrogen-bond donors (Lipinski definition) is 0. The SMILES string of the molecule is CC.CC#Cc1cc(C(=O)OCC)c(F)cn1. The van der Waals surface area contributed by atoms with Crippen molar-refractivity contribution in [1.29, 1.82) is 0 Å². The third-order valence-electron chi connectivity index (χ3n) is 1.60. The summed E-state index contributed by atoms with van der Waals surface area (Å²) >= 11 is 0. The second-order valence-electron chi connectivity index (χ2n) is 2.64. The summed E-state index contributed by atoms with van der Waals surface area (Å²) in [4.78, 5) is 15.0. The van der Waals surface area contributed by atoms with Crippen molar-refractivity contribution in [3.05, 3.63) is 29.3 Å². The highest BCUT2D eigenvalue weighted by molar-refractivity contribution is 5.89. The van der Waals surface area contributed by atoms with Crippen LogP contribution in [0.3, 0.4) is 0 Å². The standard InChI is InChI=1S/C11H10FNO2.C2H6/c1-3-5-8-6-9(10(12)7-13-8)11(14)15-4-2;1-2/h6-7H,4H2,1-2H3;1-2H3. The summed E-state index contributed by atoms with van der Waals surface area (Å²) in [6, 6.07) is 1.28. The van der Waals surface area contributed by atoms with E-state index in [4.69, 9.17) is 0 Å². The number of rotatable bonds is 2. The third-order valence-corrected chi connectivity index (χ3v) is 1.60. The van der Waals surface area contributed by atoms with Gasteiger partial charge in [-0.05, 0) is 25.8 Å². The van der Waals surface area contributed by atoms with E-state index in [1.54, 1.807) is 13.8 Å². The topological polar surface area (TPSA) is 39.2 Å². The molecule has 0 saturated heterocycles. The molecule has 17 heavy (non-hydrogen) atoms. The van der Waals surface area contributed by atoms with E-state index in [0.29, 0.717) is 5.69 Å². The number of hydrogen-bond acceptors (Lipinski definition) is 3. The van der Waals surface area contributed by atoms with E-state index in [-0.39, 0.29) is 12.2 Å². The molecule has 0 aliphatic heterocycles. The molecule has 1 heterocycles. The molecule has 3 nitrogen and oxygen atoms in total. The van der Waals surface area contributed by atoms with Crippen LogP contribution in [-0.4, -0.2) is 17.6 Å². The predicted molar refractivity (Wildman–Crippen MR) is 64.1 cm³/mol. The molecule has 0 fully saturated rings. The molecular formula is C13H16FNO2. The minimum Gasteiger partial charge on any atom is -0.462 e. The fraction of sp³-hybridized carbons (Fsp3) is 0.385. The summed E-state index contributed by atoms with van der Waals surface area (Å²) in [6.07, 6.45) is 0.964. The molecule has 0 unspecified atom stereocenters. The maximum Gasteiger partial charge on any atom is 0.341 e. The molecule has 0 saturated carbocycles. The molecule has 92 valence electrons. The number of pyridine rings is 1. The Hall–Kier alpha value is -1.89. The first-order valence-corrected chi connectivity index (χ1v) is 5.44. The lowest BCUT2D eigenvalue weighted by molar-refractivity contribution is 0.0521. The lowest BCUT2D eigenvalue weighted by atomic mass is 10.2. The van der Waals surface area contributed by atoms with Crippen LogP contribution in [0.2, 0.25) is 0 Å². The molecule has 0 spiro atoms. The lowest BCUT2D eigenvalue weighted by Crippen LogP contribution is -2.08. The summed E-state index contributed by atoms with van der Waals surface area (Å²) in [7, 11) is 0. The highest BCUT2D eigenvalue weighted by Crippen LogP contribution is 2.09. The number of halogens is 1. The zero-order chi connectivity index (χ0) is 13.3. The van der Waals surface area contributed by atoms with Gasteiger partial charge in [-0.2, -0.15) is 0 Å². The first-order chi connectivity index (χ1) is 8.19. The Morgan fingerprint density at radius 2 is 2.18 bits per heavy atom. The van der Waals surface area contributed by atoms with Crippen LogP contribution < -0.4 is 0 Å². The summed E-state index contributed by atoms with van der Waals surface area (Å²) in [5.74, 6) is 3.85. The molecule has 0 bridgehead atoms. The van der Waals surface area contributed by atoms with Gasteiger partial charge >= 0.3 is 5.97 Å². The minimum atomic E-state index is -0.699. The van der Waals surface area contributed by atoms with Gasteiger partial charge in [0.05, 0.1) is 18.4 Å². The van der Waals surface area contributed by atoms with Crippen LogP contribution in [-0.2, 0) is 4.74 Å². The van der Waals surface area contributed by atoms with Gasteiger partial charge in [-0.1, -0.05) is 19.8 Å². The molecule has 1 aromatic rings. The van der Waals surface area contributed by atoms with Crippen molar-refractivity contribution in [2.45, 2.75) is 27.7 Å². The number of nitrogens with zero attached hydrogens (tertiary/aromatic N) is 1. The minimum absolute atomic E-state index is 0.135. The smallest absolute Gasteiger partial charge is 0.341 e. The van der Waals surface area contributed by atoms with E-state index in [9.17, 15) is 9.18 Å². The van der Waals surface area contributed by atoms with Crippen molar-refractivity contribution in [2.75, 3.05) is 6.61 Å². The Balaban J connectivity index is 0.00000121. The van der Waals surface area contributed by atoms with Crippen LogP contribution in [0.1, 0.15) is 43.7 Å². The summed E-state index contributed by atoms with van der Waals surface area (Å²) in [6.45, 7) is 7.49. The van der Waals surface area contributed by atoms with Crippen LogP contribution in [0, 0.1) is 17.7 Å². The van der Waals surface area contributed by atoms with Gasteiger partial charge in [-0.15, -0.1) is 0 Å². The third kappa shape index (κ3) is 4.64. The molecule has 0 aromatic carbocycles. The molecule has 0 N–H and O–H groups in total. The first kappa shape index (κ1) is 15.1. The molecule has 0 amide bonds. The molecule has 0 atom stereocenters. The van der Waals surface area contributed by atoms with Crippen LogP contribution in [0.4, 0.5) is 4.39 Å². The van der Waals surface area contributed by atoms with E-state index < -0.39 is 11.8 Å². The van der Waals surface area contributed by atoms with Gasteiger partial charge < -0.3 is 4.74 Å². The number of aromatic nitrogens is 1. The second kappa shape index (κ2) is 8.28. The van der Waals surface area contributed by atoms with Crippen molar-refractivity contribution >= 4 is 5.97 Å². The molecule has 1 rings (SSSR count). The van der Waals surface area contributed by atoms with Gasteiger partial charge in [0.25, 0.3) is 0 Å². The molecule has 0 radical (unpaired) electrons. The first-order valence-electron chi connectivity index (χ1n) is 5.44. The molecule has 1 aromatic heterocycles. The van der Waals surface area contributed by atoms with Gasteiger partial charge in [0.15, 0.2) is 5.82 Å². The Bertz CT molecular complexity index is 433. The average molecular weight is 237 g/mol. The summed E-state index contributed by atoms with van der Waals surface area (Å²) in [5, 5.41) is 0. The largest absolute Gasteiger partial charge is 0.462 e. The van der Waals surface area contributed by atoms with Crippen molar-refractivity contribution in [3.8, 4) is 11.8 Å². The predicted octanol–water partition coefficient (Wildman–Crippen LogP) is 2.80. The Kier molecular flexibility index (Phi) is 7.36. The monoisotopic (exact) mass is 237 g/mol. The highest BCUT2D eigenvalue weighted by atomic mass is 19.1. The van der Waals surface area contributed by atoms with Crippen LogP contribution in [0.5, 0.6) is 0 Å².